The van der Waals surface area contributed by atoms with Gasteiger partial charge in [0.05, 0.1) is 0 Å². The molecule has 0 amide bonds. The largest absolute Gasteiger partial charge is 0.454 e. The van der Waals surface area contributed by atoms with Crippen molar-refractivity contribution in [3.8, 4) is 11.5 Å². The Balaban J connectivity index is 1.12. The van der Waals surface area contributed by atoms with E-state index in [2.05, 4.69) is 18.2 Å². The highest BCUT2D eigenvalue weighted by Crippen LogP contribution is 2.32. The lowest BCUT2D eigenvalue weighted by Crippen LogP contribution is -2.22. The van der Waals surface area contributed by atoms with E-state index in [9.17, 15) is 0 Å². The van der Waals surface area contributed by atoms with E-state index in [0.29, 0.717) is 6.79 Å². The van der Waals surface area contributed by atoms with Gasteiger partial charge in [0.1, 0.15) is 0 Å². The third-order valence-electron chi connectivity index (χ3n) is 5.16. The monoisotopic (exact) mass is 374 g/mol. The van der Waals surface area contributed by atoms with Gasteiger partial charge in [-0.1, -0.05) is 50.3 Å². The average Bonchev–Trinajstić information content (AvgIpc) is 3.17. The van der Waals surface area contributed by atoms with Crippen LogP contribution in [-0.4, -0.2) is 26.3 Å². The summed E-state index contributed by atoms with van der Waals surface area (Å²) in [4.78, 5) is 0. The molecule has 27 heavy (non-hydrogen) atoms. The normalized spacial score (nSPS) is 19.0. The predicted octanol–water partition coefficient (Wildman–Crippen LogP) is 6.09. The molecule has 1 saturated heterocycles. The van der Waals surface area contributed by atoms with Crippen LogP contribution in [0.5, 0.6) is 11.5 Å². The molecule has 0 aliphatic carbocycles. The lowest BCUT2D eigenvalue weighted by molar-refractivity contribution is -0.162. The van der Waals surface area contributed by atoms with E-state index >= 15 is 0 Å². The first-order chi connectivity index (χ1) is 13.4. The molecule has 2 aliphatic heterocycles. The van der Waals surface area contributed by atoms with Crippen LogP contribution in [0.15, 0.2) is 24.3 Å². The maximum Gasteiger partial charge on any atom is 0.231 e. The van der Waals surface area contributed by atoms with Gasteiger partial charge < -0.3 is 18.9 Å². The molecule has 2 aliphatic rings. The summed E-state index contributed by atoms with van der Waals surface area (Å²) in [6.07, 6.45) is 18.2. The third kappa shape index (κ3) is 7.55. The van der Waals surface area contributed by atoms with Crippen LogP contribution >= 0.6 is 0 Å². The van der Waals surface area contributed by atoms with Crippen LogP contribution in [0.2, 0.25) is 0 Å². The molecule has 3 rings (SSSR count). The number of hydrogen-bond donors (Lipinski definition) is 0. The highest BCUT2D eigenvalue weighted by Gasteiger charge is 2.13. The van der Waals surface area contributed by atoms with Crippen LogP contribution in [0.1, 0.15) is 76.2 Å². The summed E-state index contributed by atoms with van der Waals surface area (Å²) in [5, 5.41) is 0. The first-order valence-electron chi connectivity index (χ1n) is 10.7. The smallest absolute Gasteiger partial charge is 0.231 e. The molecule has 0 spiro atoms. The van der Waals surface area contributed by atoms with Crippen molar-refractivity contribution in [3.05, 3.63) is 29.8 Å². The molecule has 1 unspecified atom stereocenters. The average molecular weight is 375 g/mol. The van der Waals surface area contributed by atoms with Crippen LogP contribution in [-0.2, 0) is 9.47 Å². The molecule has 150 valence electrons. The van der Waals surface area contributed by atoms with Crippen molar-refractivity contribution in [3.63, 3.8) is 0 Å². The maximum absolute atomic E-state index is 5.77. The third-order valence-corrected chi connectivity index (χ3v) is 5.16. The Morgan fingerprint density at radius 1 is 0.926 bits per heavy atom. The van der Waals surface area contributed by atoms with Crippen molar-refractivity contribution < 1.29 is 18.9 Å². The lowest BCUT2D eigenvalue weighted by atomic mass is 10.1. The summed E-state index contributed by atoms with van der Waals surface area (Å²) in [6, 6.07) is 6.10. The number of rotatable bonds is 12. The SMILES string of the molecule is C(=C\c1ccc2c(c1)OCO2)/CCCCCCCCCOC1CCCCO1. The number of unbranched alkanes of at least 4 members (excludes halogenated alkanes) is 7. The molecule has 1 aromatic rings. The minimum atomic E-state index is 0.0736. The van der Waals surface area contributed by atoms with Crippen molar-refractivity contribution in [1.29, 1.82) is 0 Å². The Bertz CT molecular complexity index is 563. The minimum absolute atomic E-state index is 0.0736. The van der Waals surface area contributed by atoms with Gasteiger partial charge in [-0.2, -0.15) is 0 Å². The van der Waals surface area contributed by atoms with Crippen molar-refractivity contribution >= 4 is 6.08 Å². The van der Waals surface area contributed by atoms with E-state index in [1.165, 1.54) is 56.9 Å². The Kier molecular flexibility index (Phi) is 9.02. The highest BCUT2D eigenvalue weighted by molar-refractivity contribution is 5.56. The van der Waals surface area contributed by atoms with Crippen molar-refractivity contribution in [2.75, 3.05) is 20.0 Å². The van der Waals surface area contributed by atoms with Gasteiger partial charge in [0.25, 0.3) is 0 Å². The van der Waals surface area contributed by atoms with E-state index in [-0.39, 0.29) is 6.29 Å². The summed E-state index contributed by atoms with van der Waals surface area (Å²) in [6.45, 7) is 2.07. The Labute approximate surface area is 163 Å². The molecule has 0 saturated carbocycles. The summed E-state index contributed by atoms with van der Waals surface area (Å²) in [7, 11) is 0. The van der Waals surface area contributed by atoms with Crippen molar-refractivity contribution in [1.82, 2.24) is 0 Å². The van der Waals surface area contributed by atoms with Gasteiger partial charge in [-0.25, -0.2) is 0 Å². The summed E-state index contributed by atoms with van der Waals surface area (Å²) in [5.74, 6) is 1.70. The van der Waals surface area contributed by atoms with Crippen LogP contribution in [0.3, 0.4) is 0 Å². The first kappa shape index (κ1) is 20.2. The molecule has 4 nitrogen and oxygen atoms in total. The predicted molar refractivity (Wildman–Crippen MR) is 108 cm³/mol. The number of hydrogen-bond acceptors (Lipinski definition) is 4. The lowest BCUT2D eigenvalue weighted by Gasteiger charge is -2.22. The van der Waals surface area contributed by atoms with Gasteiger partial charge in [0.15, 0.2) is 17.8 Å². The standard InChI is InChI=1S/C23H34O4/c1(3-5-7-10-16-24-23-13-9-11-17-25-23)2-4-6-8-12-20-14-15-21-22(18-20)27-19-26-21/h8,12,14-15,18,23H,1-7,9-11,13,16-17,19H2/b12-8+. The van der Waals surface area contributed by atoms with E-state index < -0.39 is 0 Å². The van der Waals surface area contributed by atoms with Gasteiger partial charge in [-0.05, 0) is 56.2 Å². The number of ether oxygens (including phenoxy) is 4. The molecule has 0 bridgehead atoms. The van der Waals surface area contributed by atoms with Gasteiger partial charge in [-0.15, -0.1) is 0 Å². The quantitative estimate of drug-likeness (QED) is 0.415. The zero-order chi connectivity index (χ0) is 18.6. The van der Waals surface area contributed by atoms with Gasteiger partial charge in [0, 0.05) is 13.2 Å². The molecule has 0 radical (unpaired) electrons. The van der Waals surface area contributed by atoms with Crippen molar-refractivity contribution in [2.24, 2.45) is 0 Å². The molecule has 2 heterocycles. The van der Waals surface area contributed by atoms with Crippen LogP contribution in [0.4, 0.5) is 0 Å². The summed E-state index contributed by atoms with van der Waals surface area (Å²) >= 11 is 0. The number of allylic oxidation sites excluding steroid dienone is 1. The Hall–Kier alpha value is -1.52. The van der Waals surface area contributed by atoms with Crippen LogP contribution in [0, 0.1) is 0 Å². The fraction of sp³-hybridized carbons (Fsp3) is 0.652. The van der Waals surface area contributed by atoms with E-state index in [4.69, 9.17) is 18.9 Å². The number of fused-ring (bicyclic) bond motifs is 1. The highest BCUT2D eigenvalue weighted by atomic mass is 16.7. The van der Waals surface area contributed by atoms with Crippen LogP contribution < -0.4 is 9.47 Å². The zero-order valence-corrected chi connectivity index (χ0v) is 16.5. The second-order valence-corrected chi connectivity index (χ2v) is 7.45. The second-order valence-electron chi connectivity index (χ2n) is 7.45. The maximum atomic E-state index is 5.77. The Morgan fingerprint density at radius 3 is 2.59 bits per heavy atom. The fourth-order valence-corrected chi connectivity index (χ4v) is 3.54. The molecule has 4 heteroatoms. The fourth-order valence-electron chi connectivity index (χ4n) is 3.54. The molecule has 1 aromatic carbocycles. The second kappa shape index (κ2) is 12.0. The molecule has 0 N–H and O–H groups in total. The Morgan fingerprint density at radius 2 is 1.74 bits per heavy atom. The molecule has 1 fully saturated rings. The zero-order valence-electron chi connectivity index (χ0n) is 16.5. The van der Waals surface area contributed by atoms with Crippen LogP contribution in [0.25, 0.3) is 6.08 Å². The van der Waals surface area contributed by atoms with E-state index in [1.54, 1.807) is 0 Å². The van der Waals surface area contributed by atoms with E-state index in [1.807, 2.05) is 12.1 Å². The number of benzene rings is 1. The molecule has 0 aromatic heterocycles. The minimum Gasteiger partial charge on any atom is -0.454 e. The van der Waals surface area contributed by atoms with Gasteiger partial charge >= 0.3 is 0 Å². The van der Waals surface area contributed by atoms with E-state index in [0.717, 1.165) is 44.0 Å². The summed E-state index contributed by atoms with van der Waals surface area (Å²) in [5.41, 5.74) is 1.18. The first-order valence-corrected chi connectivity index (χ1v) is 10.7. The topological polar surface area (TPSA) is 36.9 Å². The molecular weight excluding hydrogens is 340 g/mol. The van der Waals surface area contributed by atoms with Crippen molar-refractivity contribution in [2.45, 2.75) is 76.9 Å². The summed E-state index contributed by atoms with van der Waals surface area (Å²) < 4.78 is 22.1. The van der Waals surface area contributed by atoms with Gasteiger partial charge in [-0.3, -0.25) is 0 Å². The molecule has 1 atom stereocenters. The molecular formula is C23H34O4. The van der Waals surface area contributed by atoms with Gasteiger partial charge in [0.2, 0.25) is 6.79 Å².